The zero-order chi connectivity index (χ0) is 8.72. The molecule has 12 heavy (non-hydrogen) atoms. The Balaban J connectivity index is 2.93. The molecule has 3 N–H and O–H groups in total. The van der Waals surface area contributed by atoms with Crippen LogP contribution < -0.4 is 0 Å². The van der Waals surface area contributed by atoms with E-state index in [1.807, 2.05) is 0 Å². The fourth-order valence-electron chi connectivity index (χ4n) is 1.18. The highest BCUT2D eigenvalue weighted by Crippen LogP contribution is 2.29. The van der Waals surface area contributed by atoms with E-state index in [0.29, 0.717) is 16.9 Å². The normalized spacial score (nSPS) is 10.8. The smallest absolute Gasteiger partial charge is 0.143 e. The summed E-state index contributed by atoms with van der Waals surface area (Å²) in [5.74, 6) is 0.845. The topological polar surface area (TPSA) is 69.1 Å². The van der Waals surface area contributed by atoms with Crippen molar-refractivity contribution < 1.29 is 10.2 Å². The number of nitrogens with one attached hydrogen (secondary N) is 1. The molecule has 4 heteroatoms. The standard InChI is InChI=1S/C8H8N2O2/c1-4-9-7-5(11)2-3-6(12)8(7)10-4/h2-3,11-12H,1H3,(H,9,10). The van der Waals surface area contributed by atoms with E-state index in [2.05, 4.69) is 9.97 Å². The van der Waals surface area contributed by atoms with Gasteiger partial charge in [0.25, 0.3) is 0 Å². The molecule has 0 aliphatic heterocycles. The molecule has 0 radical (unpaired) electrons. The summed E-state index contributed by atoms with van der Waals surface area (Å²) in [5, 5.41) is 18.6. The molecular formula is C8H8N2O2. The largest absolute Gasteiger partial charge is 0.506 e. The monoisotopic (exact) mass is 164 g/mol. The third-order valence-corrected chi connectivity index (χ3v) is 1.72. The van der Waals surface area contributed by atoms with Crippen molar-refractivity contribution in [3.63, 3.8) is 0 Å². The molecule has 0 aliphatic rings. The minimum absolute atomic E-state index is 0.0761. The summed E-state index contributed by atoms with van der Waals surface area (Å²) < 4.78 is 0. The van der Waals surface area contributed by atoms with Gasteiger partial charge in [-0.3, -0.25) is 0 Å². The molecule has 2 rings (SSSR count). The van der Waals surface area contributed by atoms with Crippen molar-refractivity contribution in [1.82, 2.24) is 9.97 Å². The number of aromatic nitrogens is 2. The number of imidazole rings is 1. The summed E-state index contributed by atoms with van der Waals surface area (Å²) in [6, 6.07) is 2.84. The van der Waals surface area contributed by atoms with E-state index in [0.717, 1.165) is 0 Å². The maximum absolute atomic E-state index is 9.33. The number of H-pyrrole nitrogens is 1. The number of aromatic hydroxyl groups is 2. The van der Waals surface area contributed by atoms with Crippen molar-refractivity contribution in [2.24, 2.45) is 0 Å². The molecule has 2 aromatic rings. The summed E-state index contributed by atoms with van der Waals surface area (Å²) in [5.41, 5.74) is 0.889. The zero-order valence-corrected chi connectivity index (χ0v) is 6.50. The highest BCUT2D eigenvalue weighted by Gasteiger charge is 2.07. The Morgan fingerprint density at radius 1 is 1.25 bits per heavy atom. The van der Waals surface area contributed by atoms with E-state index in [1.54, 1.807) is 6.92 Å². The van der Waals surface area contributed by atoms with Crippen molar-refractivity contribution in [3.8, 4) is 11.5 Å². The van der Waals surface area contributed by atoms with Gasteiger partial charge in [0.15, 0.2) is 0 Å². The molecule has 0 saturated carbocycles. The highest BCUT2D eigenvalue weighted by atomic mass is 16.3. The highest BCUT2D eigenvalue weighted by molar-refractivity contribution is 5.86. The maximum Gasteiger partial charge on any atom is 0.143 e. The van der Waals surface area contributed by atoms with Crippen LogP contribution in [0.1, 0.15) is 5.82 Å². The van der Waals surface area contributed by atoms with Gasteiger partial charge in [-0.05, 0) is 19.1 Å². The lowest BCUT2D eigenvalue weighted by Gasteiger charge is -1.94. The molecule has 0 fully saturated rings. The fraction of sp³-hybridized carbons (Fsp3) is 0.125. The first-order chi connectivity index (χ1) is 5.68. The van der Waals surface area contributed by atoms with Crippen LogP contribution in [0.25, 0.3) is 11.0 Å². The Hall–Kier alpha value is -1.71. The number of aromatic amines is 1. The lowest BCUT2D eigenvalue weighted by Crippen LogP contribution is -1.72. The molecule has 1 heterocycles. The molecule has 0 spiro atoms. The van der Waals surface area contributed by atoms with E-state index < -0.39 is 0 Å². The summed E-state index contributed by atoms with van der Waals surface area (Å²) >= 11 is 0. The van der Waals surface area contributed by atoms with Crippen LogP contribution in [0.2, 0.25) is 0 Å². The number of hydrogen-bond donors (Lipinski definition) is 3. The van der Waals surface area contributed by atoms with Gasteiger partial charge >= 0.3 is 0 Å². The molecule has 0 bridgehead atoms. The number of fused-ring (bicyclic) bond motifs is 1. The van der Waals surface area contributed by atoms with Gasteiger partial charge in [-0.2, -0.15) is 0 Å². The second-order valence-corrected chi connectivity index (χ2v) is 2.65. The van der Waals surface area contributed by atoms with Crippen molar-refractivity contribution in [1.29, 1.82) is 0 Å². The number of hydrogen-bond acceptors (Lipinski definition) is 3. The molecule has 1 aromatic heterocycles. The third-order valence-electron chi connectivity index (χ3n) is 1.72. The Kier molecular flexibility index (Phi) is 1.24. The van der Waals surface area contributed by atoms with E-state index in [-0.39, 0.29) is 11.5 Å². The van der Waals surface area contributed by atoms with Crippen molar-refractivity contribution in [2.75, 3.05) is 0 Å². The molecule has 1 aromatic carbocycles. The molecule has 0 saturated heterocycles. The second kappa shape index (κ2) is 2.14. The van der Waals surface area contributed by atoms with Gasteiger partial charge in [-0.1, -0.05) is 0 Å². The molecule has 0 amide bonds. The van der Waals surface area contributed by atoms with Gasteiger partial charge in [0.2, 0.25) is 0 Å². The third kappa shape index (κ3) is 0.812. The van der Waals surface area contributed by atoms with E-state index >= 15 is 0 Å². The van der Waals surface area contributed by atoms with Gasteiger partial charge in [-0.15, -0.1) is 0 Å². The molecule has 0 atom stereocenters. The lowest BCUT2D eigenvalue weighted by molar-refractivity contribution is 0.468. The fourth-order valence-corrected chi connectivity index (χ4v) is 1.18. The average Bonchev–Trinajstić information content (AvgIpc) is 2.41. The zero-order valence-electron chi connectivity index (χ0n) is 6.50. The average molecular weight is 164 g/mol. The Morgan fingerprint density at radius 2 is 1.92 bits per heavy atom. The van der Waals surface area contributed by atoms with Crippen molar-refractivity contribution in [2.45, 2.75) is 6.92 Å². The summed E-state index contributed by atoms with van der Waals surface area (Å²) in [6.45, 7) is 1.76. The van der Waals surface area contributed by atoms with Crippen LogP contribution in [0.15, 0.2) is 12.1 Å². The van der Waals surface area contributed by atoms with Crippen molar-refractivity contribution in [3.05, 3.63) is 18.0 Å². The SMILES string of the molecule is Cc1nc2c(O)ccc(O)c2[nH]1. The van der Waals surface area contributed by atoms with Gasteiger partial charge in [0.1, 0.15) is 28.4 Å². The summed E-state index contributed by atoms with van der Waals surface area (Å²) in [6.07, 6.45) is 0. The number of phenols is 2. The number of rotatable bonds is 0. The summed E-state index contributed by atoms with van der Waals surface area (Å²) in [7, 11) is 0. The summed E-state index contributed by atoms with van der Waals surface area (Å²) in [4.78, 5) is 6.85. The van der Waals surface area contributed by atoms with Crippen LogP contribution in [0.3, 0.4) is 0 Å². The molecule has 0 unspecified atom stereocenters. The lowest BCUT2D eigenvalue weighted by atomic mass is 10.3. The molecule has 4 nitrogen and oxygen atoms in total. The predicted molar refractivity (Wildman–Crippen MR) is 44.2 cm³/mol. The van der Waals surface area contributed by atoms with Crippen molar-refractivity contribution >= 4 is 11.0 Å². The second-order valence-electron chi connectivity index (χ2n) is 2.65. The number of nitrogens with zero attached hydrogens (tertiary/aromatic N) is 1. The van der Waals surface area contributed by atoms with Gasteiger partial charge < -0.3 is 15.2 Å². The van der Waals surface area contributed by atoms with E-state index in [9.17, 15) is 10.2 Å². The van der Waals surface area contributed by atoms with Gasteiger partial charge in [-0.25, -0.2) is 4.98 Å². The van der Waals surface area contributed by atoms with Crippen LogP contribution in [0.4, 0.5) is 0 Å². The minimum atomic E-state index is 0.0761. The van der Waals surface area contributed by atoms with Crippen LogP contribution in [0, 0.1) is 6.92 Å². The Labute approximate surface area is 68.5 Å². The Morgan fingerprint density at radius 3 is 2.58 bits per heavy atom. The predicted octanol–water partition coefficient (Wildman–Crippen LogP) is 1.28. The number of benzene rings is 1. The van der Waals surface area contributed by atoms with E-state index in [1.165, 1.54) is 12.1 Å². The first kappa shape index (κ1) is 6.97. The van der Waals surface area contributed by atoms with Crippen LogP contribution >= 0.6 is 0 Å². The number of phenolic OH excluding ortho intramolecular Hbond substituents is 2. The number of aryl methyl sites for hydroxylation is 1. The first-order valence-electron chi connectivity index (χ1n) is 3.56. The first-order valence-corrected chi connectivity index (χ1v) is 3.56. The molecule has 0 aliphatic carbocycles. The van der Waals surface area contributed by atoms with Crippen LogP contribution in [0.5, 0.6) is 11.5 Å². The quantitative estimate of drug-likeness (QED) is 0.514. The van der Waals surface area contributed by atoms with Crippen LogP contribution in [-0.4, -0.2) is 20.2 Å². The molecule has 62 valence electrons. The van der Waals surface area contributed by atoms with Gasteiger partial charge in [0.05, 0.1) is 0 Å². The molecular weight excluding hydrogens is 156 g/mol. The van der Waals surface area contributed by atoms with Crippen LogP contribution in [-0.2, 0) is 0 Å². The van der Waals surface area contributed by atoms with Gasteiger partial charge in [0, 0.05) is 0 Å². The Bertz CT molecular complexity index is 395. The maximum atomic E-state index is 9.33. The van der Waals surface area contributed by atoms with E-state index in [4.69, 9.17) is 0 Å². The minimum Gasteiger partial charge on any atom is -0.506 e.